The van der Waals surface area contributed by atoms with Gasteiger partial charge in [0, 0.05) is 51.8 Å². The molecule has 0 saturated heterocycles. The molecule has 0 amide bonds. The molecule has 2 unspecified atom stereocenters. The molecule has 2 N–H and O–H groups in total. The van der Waals surface area contributed by atoms with Crippen molar-refractivity contribution in [3.63, 3.8) is 0 Å². The van der Waals surface area contributed by atoms with Crippen LogP contribution in [0.25, 0.3) is 0 Å². The number of hydrogen-bond donors (Lipinski definition) is 2. The molecule has 0 aromatic heterocycles. The molecule has 107 heavy (non-hydrogen) atoms. The lowest BCUT2D eigenvalue weighted by Gasteiger charge is -2.39. The highest BCUT2D eigenvalue weighted by molar-refractivity contribution is 5.73. The Bertz CT molecular complexity index is 3420. The fourth-order valence-electron chi connectivity index (χ4n) is 11.7. The van der Waals surface area contributed by atoms with Crippen LogP contribution in [0.3, 0.4) is 0 Å². The highest BCUT2D eigenvalue weighted by atomic mass is 19.4. The minimum absolute atomic E-state index is 0. The molecule has 4 atom stereocenters. The topological polar surface area (TPSA) is 146 Å². The van der Waals surface area contributed by atoms with Crippen molar-refractivity contribution in [1.82, 2.24) is 0 Å². The van der Waals surface area contributed by atoms with Gasteiger partial charge in [0.05, 0.1) is 48.5 Å². The SMILES string of the molecule is C.C=CCC(CCCCCC(F)(F)C(F)(F)F)C(=O)OCC.C=CCN1c2ccc(OCc3ccccc3)cc2OC[C@H]1c1ccc(OCc2ccccc2)cc1.CC.CCOC.CCOC(=O)C(CCCCCCCCN1c2ccc(O)cc2OC[C@H]1c1ccc(O)cc1)CCCCCC(F)(F)C(F)(F)F. The minimum Gasteiger partial charge on any atom is -0.508 e. The number of alkyl halides is 10. The molecule has 8 rings (SSSR count). The molecule has 0 bridgehead atoms. The van der Waals surface area contributed by atoms with Crippen LogP contribution in [0, 0.1) is 11.8 Å². The summed E-state index contributed by atoms with van der Waals surface area (Å²) in [5.74, 6) is -7.39. The number of anilines is 2. The Hall–Kier alpha value is -8.60. The van der Waals surface area contributed by atoms with Gasteiger partial charge in [0.1, 0.15) is 60.9 Å². The number of carbonyl (C=O) groups excluding carboxylic acids is 2. The van der Waals surface area contributed by atoms with Gasteiger partial charge in [-0.25, -0.2) is 0 Å². The molecule has 0 saturated carbocycles. The Morgan fingerprint density at radius 2 is 0.907 bits per heavy atom. The van der Waals surface area contributed by atoms with Crippen LogP contribution in [-0.2, 0) is 37.0 Å². The van der Waals surface area contributed by atoms with Crippen molar-refractivity contribution in [2.75, 3.05) is 63.0 Å². The number of hydrogen-bond acceptors (Lipinski definition) is 13. The van der Waals surface area contributed by atoms with E-state index in [1.54, 1.807) is 51.3 Å². The molecule has 2 heterocycles. The Balaban J connectivity index is 0.000000420. The van der Waals surface area contributed by atoms with E-state index in [1.807, 2.05) is 106 Å². The van der Waals surface area contributed by atoms with Crippen LogP contribution in [0.2, 0.25) is 0 Å². The van der Waals surface area contributed by atoms with Gasteiger partial charge in [-0.2, -0.15) is 43.9 Å². The average molecular weight is 1520 g/mol. The Kier molecular flexibility index (Phi) is 42.7. The number of benzene rings is 6. The summed E-state index contributed by atoms with van der Waals surface area (Å²) < 4.78 is 163. The van der Waals surface area contributed by atoms with E-state index >= 15 is 0 Å². The maximum Gasteiger partial charge on any atom is 0.453 e. The van der Waals surface area contributed by atoms with E-state index in [1.165, 1.54) is 5.56 Å². The zero-order valence-corrected chi connectivity index (χ0v) is 62.1. The molecule has 2 aliphatic heterocycles. The van der Waals surface area contributed by atoms with Crippen LogP contribution in [-0.4, -0.2) is 99.6 Å². The second-order valence-corrected chi connectivity index (χ2v) is 25.3. The summed E-state index contributed by atoms with van der Waals surface area (Å²) in [6.07, 6.45) is -1.84. The molecular formula is C84H112F10N2O11. The lowest BCUT2D eigenvalue weighted by Crippen LogP contribution is -2.37. The molecule has 2 aliphatic rings. The van der Waals surface area contributed by atoms with Crippen LogP contribution < -0.4 is 28.7 Å². The molecule has 0 spiro atoms. The van der Waals surface area contributed by atoms with Crippen molar-refractivity contribution in [1.29, 1.82) is 0 Å². The number of ether oxygens (including phenoxy) is 7. The first kappa shape index (κ1) is 92.6. The molecule has 594 valence electrons. The van der Waals surface area contributed by atoms with Crippen LogP contribution in [0.4, 0.5) is 55.3 Å². The van der Waals surface area contributed by atoms with Crippen molar-refractivity contribution in [2.45, 2.75) is 207 Å². The van der Waals surface area contributed by atoms with Crippen molar-refractivity contribution >= 4 is 23.3 Å². The molecule has 13 nitrogen and oxygen atoms in total. The van der Waals surface area contributed by atoms with Crippen LogP contribution in [0.5, 0.6) is 34.5 Å². The predicted octanol–water partition coefficient (Wildman–Crippen LogP) is 23.3. The van der Waals surface area contributed by atoms with Crippen LogP contribution >= 0.6 is 0 Å². The van der Waals surface area contributed by atoms with E-state index in [9.17, 15) is 63.7 Å². The number of nitrogens with zero attached hydrogens (tertiary/aromatic N) is 2. The monoisotopic (exact) mass is 1510 g/mol. The van der Waals surface area contributed by atoms with Gasteiger partial charge in [-0.15, -0.1) is 13.2 Å². The smallest absolute Gasteiger partial charge is 0.453 e. The summed E-state index contributed by atoms with van der Waals surface area (Å²) in [6.45, 7) is 21.7. The number of aromatic hydroxyl groups is 2. The Morgan fingerprint density at radius 1 is 0.505 bits per heavy atom. The quantitative estimate of drug-likeness (QED) is 0.0164. The van der Waals surface area contributed by atoms with Crippen molar-refractivity contribution in [3.05, 3.63) is 193 Å². The molecular weight excluding hydrogens is 1400 g/mol. The maximum atomic E-state index is 13.1. The molecule has 0 aliphatic carbocycles. The number of carbonyl (C=O) groups is 2. The number of fused-ring (bicyclic) bond motifs is 2. The number of esters is 2. The van der Waals surface area contributed by atoms with E-state index in [4.69, 9.17) is 28.4 Å². The second kappa shape index (κ2) is 49.4. The number of rotatable bonds is 38. The van der Waals surface area contributed by atoms with Gasteiger partial charge >= 0.3 is 36.1 Å². The third-order valence-corrected chi connectivity index (χ3v) is 17.5. The van der Waals surface area contributed by atoms with Gasteiger partial charge in [-0.1, -0.05) is 176 Å². The van der Waals surface area contributed by atoms with Crippen molar-refractivity contribution in [2.24, 2.45) is 11.8 Å². The zero-order valence-electron chi connectivity index (χ0n) is 62.1. The third-order valence-electron chi connectivity index (χ3n) is 17.5. The van der Waals surface area contributed by atoms with Gasteiger partial charge in [0.25, 0.3) is 0 Å². The minimum atomic E-state index is -5.53. The van der Waals surface area contributed by atoms with Crippen LogP contribution in [0.15, 0.2) is 171 Å². The number of phenols is 2. The van der Waals surface area contributed by atoms with E-state index in [0.29, 0.717) is 70.7 Å². The van der Waals surface area contributed by atoms with Crippen LogP contribution in [0.1, 0.15) is 192 Å². The molecule has 0 fully saturated rings. The number of phenolic OH excluding ortho intramolecular Hbond substituents is 2. The molecule has 23 heteroatoms. The highest BCUT2D eigenvalue weighted by Gasteiger charge is 2.57. The average Bonchev–Trinajstić information content (AvgIpc) is 0.788. The highest BCUT2D eigenvalue weighted by Crippen LogP contribution is 2.45. The number of methoxy groups -OCH3 is 1. The fraction of sp³-hybridized carbons (Fsp3) is 0.500. The summed E-state index contributed by atoms with van der Waals surface area (Å²) in [5.41, 5.74) is 6.43. The lowest BCUT2D eigenvalue weighted by molar-refractivity contribution is -0.284. The fourth-order valence-corrected chi connectivity index (χ4v) is 11.7. The van der Waals surface area contributed by atoms with E-state index < -0.39 is 48.9 Å². The standard InChI is InChI=1S/C33H44F5NO5.C31H29NO3.C14H21F5O2.C3H8O.C2H6.CH4/c1-2-43-31(42)25(13-9-7-10-20-32(34,35)33(36,37)38)12-8-5-3-4-6-11-21-39-28-19-18-27(41)22-30(28)44-23-29(39)24-14-16-26(40)17-15-24;1-2-19-32-29-18-17-28(34-22-25-11-7-4-8-12-25)20-31(29)35-23-30(32)26-13-15-27(16-14-26)33-21-24-9-5-3-6-10-24;1-3-8-11(12(20)21-4-2)9-6-5-7-10-13(15,16)14(17,18)19;1-3-4-2;1-2;/h14-19,22,25,29,40-41H,2-13,20-21,23H2,1H3;2-18,20,30H,1,19,21-23H2;3,11H,1,4-10H2,2H3;3H2,1-2H3;1-2H3;1H4/t25?,29-;30-;;;;/m00..../s1. The molecule has 0 radical (unpaired) electrons. The molecule has 6 aromatic rings. The maximum absolute atomic E-state index is 13.1. The Labute approximate surface area is 627 Å². The van der Waals surface area contributed by atoms with Crippen molar-refractivity contribution < 1.29 is 96.9 Å². The predicted molar refractivity (Wildman–Crippen MR) is 403 cm³/mol. The number of allylic oxidation sites excluding steroid dienone is 1. The summed E-state index contributed by atoms with van der Waals surface area (Å²) in [7, 11) is 1.68. The van der Waals surface area contributed by atoms with Crippen molar-refractivity contribution in [3.8, 4) is 34.5 Å². The van der Waals surface area contributed by atoms with Gasteiger partial charge in [0.15, 0.2) is 0 Å². The summed E-state index contributed by atoms with van der Waals surface area (Å²) in [5, 5.41) is 19.6. The first-order valence-electron chi connectivity index (χ1n) is 36.7. The van der Waals surface area contributed by atoms with E-state index in [2.05, 4.69) is 70.2 Å². The van der Waals surface area contributed by atoms with Gasteiger partial charge in [0.2, 0.25) is 0 Å². The second-order valence-electron chi connectivity index (χ2n) is 25.3. The van der Waals surface area contributed by atoms with Gasteiger partial charge < -0.3 is 53.2 Å². The van der Waals surface area contributed by atoms with Gasteiger partial charge in [-0.3, -0.25) is 9.59 Å². The number of halogens is 10. The number of unbranched alkanes of at least 4 members (excludes halogenated alkanes) is 9. The summed E-state index contributed by atoms with van der Waals surface area (Å²) in [6, 6.07) is 46.9. The summed E-state index contributed by atoms with van der Waals surface area (Å²) >= 11 is 0. The normalized spacial score (nSPS) is 14.3. The third kappa shape index (κ3) is 32.4. The molecule has 6 aromatic carbocycles. The van der Waals surface area contributed by atoms with E-state index in [-0.39, 0.29) is 81.8 Å². The first-order chi connectivity index (χ1) is 50.8. The largest absolute Gasteiger partial charge is 0.508 e. The zero-order chi connectivity index (χ0) is 78.0. The summed E-state index contributed by atoms with van der Waals surface area (Å²) in [4.78, 5) is 28.5. The first-order valence-corrected chi connectivity index (χ1v) is 36.7. The Morgan fingerprint density at radius 3 is 1.38 bits per heavy atom. The van der Waals surface area contributed by atoms with E-state index in [0.717, 1.165) is 104 Å². The lowest BCUT2D eigenvalue weighted by atomic mass is 9.94. The van der Waals surface area contributed by atoms with Gasteiger partial charge in [-0.05, 0) is 137 Å².